The van der Waals surface area contributed by atoms with E-state index in [4.69, 9.17) is 4.74 Å². The van der Waals surface area contributed by atoms with Gasteiger partial charge in [0.15, 0.2) is 0 Å². The summed E-state index contributed by atoms with van der Waals surface area (Å²) in [6.45, 7) is 4.70. The number of aromatic nitrogens is 2. The van der Waals surface area contributed by atoms with Gasteiger partial charge in [-0.3, -0.25) is 9.48 Å². The Bertz CT molecular complexity index is 906. The molecule has 8 heteroatoms. The molecule has 1 aromatic carbocycles. The maximum Gasteiger partial charge on any atom is 0.407 e. The number of nitrogens with one attached hydrogen (secondary N) is 1. The molecule has 2 N–H and O–H groups in total. The second kappa shape index (κ2) is 8.87. The van der Waals surface area contributed by atoms with Crippen LogP contribution >= 0.6 is 0 Å². The maximum atomic E-state index is 12.6. The van der Waals surface area contributed by atoms with Gasteiger partial charge in [-0.05, 0) is 49.8 Å². The molecule has 1 saturated heterocycles. The van der Waals surface area contributed by atoms with E-state index in [-0.39, 0.29) is 17.9 Å². The fourth-order valence-electron chi connectivity index (χ4n) is 4.16. The predicted molar refractivity (Wildman–Crippen MR) is 112 cm³/mol. The highest BCUT2D eigenvalue weighted by Crippen LogP contribution is 2.45. The highest BCUT2D eigenvalue weighted by molar-refractivity contribution is 6.04. The Kier molecular flexibility index (Phi) is 6.03. The van der Waals surface area contributed by atoms with E-state index in [0.717, 1.165) is 31.4 Å². The molecule has 0 radical (unpaired) electrons. The number of carboxylic acid groups (broad SMARTS) is 1. The highest BCUT2D eigenvalue weighted by atomic mass is 16.5. The summed E-state index contributed by atoms with van der Waals surface area (Å²) >= 11 is 0. The third kappa shape index (κ3) is 4.64. The van der Waals surface area contributed by atoms with Crippen LogP contribution in [0.1, 0.15) is 48.0 Å². The van der Waals surface area contributed by atoms with Gasteiger partial charge in [0.1, 0.15) is 0 Å². The van der Waals surface area contributed by atoms with Crippen LogP contribution < -0.4 is 5.32 Å². The van der Waals surface area contributed by atoms with Crippen LogP contribution in [0, 0.1) is 5.92 Å². The number of carbonyl (C=O) groups is 2. The monoisotopic (exact) mass is 412 g/mol. The van der Waals surface area contributed by atoms with E-state index in [1.54, 1.807) is 28.0 Å². The molecule has 2 heterocycles. The summed E-state index contributed by atoms with van der Waals surface area (Å²) in [5, 5.41) is 16.8. The number of amides is 2. The summed E-state index contributed by atoms with van der Waals surface area (Å²) in [6.07, 6.45) is 5.17. The third-order valence-corrected chi connectivity index (χ3v) is 5.99. The molecule has 1 aliphatic carbocycles. The molecule has 0 spiro atoms. The molecule has 2 atom stereocenters. The zero-order chi connectivity index (χ0) is 21.1. The lowest BCUT2D eigenvalue weighted by atomic mass is 9.99. The van der Waals surface area contributed by atoms with E-state index in [2.05, 4.69) is 10.4 Å². The van der Waals surface area contributed by atoms with Gasteiger partial charge in [0.25, 0.3) is 5.91 Å². The van der Waals surface area contributed by atoms with Gasteiger partial charge in [0, 0.05) is 50.0 Å². The Morgan fingerprint density at radius 1 is 1.33 bits per heavy atom. The molecule has 8 nitrogen and oxygen atoms in total. The molecule has 160 valence electrons. The molecule has 2 amide bonds. The van der Waals surface area contributed by atoms with Crippen LogP contribution in [0.2, 0.25) is 0 Å². The van der Waals surface area contributed by atoms with Crippen molar-refractivity contribution in [3.63, 3.8) is 0 Å². The number of anilines is 1. The van der Waals surface area contributed by atoms with Crippen molar-refractivity contribution >= 4 is 17.7 Å². The van der Waals surface area contributed by atoms with E-state index >= 15 is 0 Å². The van der Waals surface area contributed by atoms with Crippen molar-refractivity contribution in [2.45, 2.75) is 44.7 Å². The molecule has 0 unspecified atom stereocenters. The lowest BCUT2D eigenvalue weighted by molar-refractivity contribution is 0.0506. The fraction of sp³-hybridized carbons (Fsp3) is 0.500. The normalized spacial score (nSPS) is 21.2. The molecule has 1 saturated carbocycles. The predicted octanol–water partition coefficient (Wildman–Crippen LogP) is 3.42. The molecule has 0 bridgehead atoms. The zero-order valence-electron chi connectivity index (χ0n) is 17.2. The van der Waals surface area contributed by atoms with Crippen LogP contribution in [0.5, 0.6) is 0 Å². The van der Waals surface area contributed by atoms with Gasteiger partial charge in [0.2, 0.25) is 0 Å². The molecule has 30 heavy (non-hydrogen) atoms. The summed E-state index contributed by atoms with van der Waals surface area (Å²) in [4.78, 5) is 26.1. The quantitative estimate of drug-likeness (QED) is 0.726. The number of aryl methyl sites for hydroxylation is 1. The number of ether oxygens (including phenoxy) is 1. The Balaban J connectivity index is 1.41. The average molecular weight is 412 g/mol. The number of benzene rings is 1. The maximum absolute atomic E-state index is 12.6. The molecular formula is C22H28N4O4. The van der Waals surface area contributed by atoms with Crippen molar-refractivity contribution in [3.8, 4) is 0 Å². The van der Waals surface area contributed by atoms with Gasteiger partial charge in [-0.15, -0.1) is 0 Å². The Labute approximate surface area is 175 Å². The summed E-state index contributed by atoms with van der Waals surface area (Å²) in [5.41, 5.74) is 2.23. The molecule has 4 rings (SSSR count). The minimum absolute atomic E-state index is 0.0218. The number of carbonyl (C=O) groups excluding carboxylic acids is 1. The lowest BCUT2D eigenvalue weighted by Crippen LogP contribution is -2.38. The Morgan fingerprint density at radius 3 is 2.83 bits per heavy atom. The van der Waals surface area contributed by atoms with Gasteiger partial charge >= 0.3 is 6.09 Å². The van der Waals surface area contributed by atoms with Gasteiger partial charge < -0.3 is 20.1 Å². The highest BCUT2D eigenvalue weighted by Gasteiger charge is 2.45. The minimum Gasteiger partial charge on any atom is -0.465 e. The van der Waals surface area contributed by atoms with Crippen molar-refractivity contribution < 1.29 is 19.4 Å². The first-order valence-electron chi connectivity index (χ1n) is 10.6. The summed E-state index contributed by atoms with van der Waals surface area (Å²) in [5.74, 6) is 0.302. The van der Waals surface area contributed by atoms with Crippen molar-refractivity contribution in [2.24, 2.45) is 5.92 Å². The van der Waals surface area contributed by atoms with Crippen molar-refractivity contribution in [3.05, 3.63) is 47.8 Å². The van der Waals surface area contributed by atoms with E-state index in [1.807, 2.05) is 25.1 Å². The van der Waals surface area contributed by atoms with Gasteiger partial charge in [0.05, 0.1) is 11.9 Å². The second-order valence-electron chi connectivity index (χ2n) is 8.06. The van der Waals surface area contributed by atoms with Gasteiger partial charge in [-0.2, -0.15) is 5.10 Å². The SMILES string of the molecule is CCn1cc(NC(=O)c2cccc([C@@H]3C[C@H]3N(CC3CCOCC3)C(=O)O)c2)cn1. The van der Waals surface area contributed by atoms with Gasteiger partial charge in [-0.1, -0.05) is 12.1 Å². The van der Waals surface area contributed by atoms with E-state index in [9.17, 15) is 14.7 Å². The van der Waals surface area contributed by atoms with E-state index in [0.29, 0.717) is 36.9 Å². The first-order chi connectivity index (χ1) is 14.5. The van der Waals surface area contributed by atoms with Crippen LogP contribution in [-0.2, 0) is 11.3 Å². The standard InChI is InChI=1S/C22H28N4O4/c1-2-25-14-18(12-23-25)24-21(27)17-5-3-4-16(10-17)19-11-20(19)26(22(28)29)13-15-6-8-30-9-7-15/h3-5,10,12,14-15,19-20H,2,6-9,11,13H2,1H3,(H,24,27)(H,28,29)/t19-,20+/m0/s1. The molecule has 2 fully saturated rings. The zero-order valence-corrected chi connectivity index (χ0v) is 17.2. The van der Waals surface area contributed by atoms with Crippen LogP contribution in [0.25, 0.3) is 0 Å². The number of hydrogen-bond donors (Lipinski definition) is 2. The smallest absolute Gasteiger partial charge is 0.407 e. The van der Waals surface area contributed by atoms with E-state index in [1.165, 1.54) is 0 Å². The van der Waals surface area contributed by atoms with Gasteiger partial charge in [-0.25, -0.2) is 4.79 Å². The van der Waals surface area contributed by atoms with Crippen molar-refractivity contribution in [2.75, 3.05) is 25.1 Å². The average Bonchev–Trinajstić information content (AvgIpc) is 3.43. The summed E-state index contributed by atoms with van der Waals surface area (Å²) in [6, 6.07) is 7.46. The molecule has 2 aliphatic rings. The number of nitrogens with zero attached hydrogens (tertiary/aromatic N) is 3. The second-order valence-corrected chi connectivity index (χ2v) is 8.06. The molecule has 2 aromatic rings. The molecule has 1 aliphatic heterocycles. The minimum atomic E-state index is -0.865. The summed E-state index contributed by atoms with van der Waals surface area (Å²) < 4.78 is 7.13. The van der Waals surface area contributed by atoms with E-state index < -0.39 is 6.09 Å². The third-order valence-electron chi connectivity index (χ3n) is 5.99. The largest absolute Gasteiger partial charge is 0.465 e. The molecule has 1 aromatic heterocycles. The van der Waals surface area contributed by atoms with Crippen molar-refractivity contribution in [1.29, 1.82) is 0 Å². The topological polar surface area (TPSA) is 96.7 Å². The first-order valence-corrected chi connectivity index (χ1v) is 10.6. The Morgan fingerprint density at radius 2 is 2.13 bits per heavy atom. The summed E-state index contributed by atoms with van der Waals surface area (Å²) in [7, 11) is 0. The van der Waals surface area contributed by atoms with Crippen LogP contribution in [0.3, 0.4) is 0 Å². The Hall–Kier alpha value is -2.87. The lowest BCUT2D eigenvalue weighted by Gasteiger charge is -2.28. The van der Waals surface area contributed by atoms with Crippen LogP contribution in [0.4, 0.5) is 10.5 Å². The fourth-order valence-corrected chi connectivity index (χ4v) is 4.16. The molecular weight excluding hydrogens is 384 g/mol. The number of rotatable bonds is 7. The van der Waals surface area contributed by atoms with Crippen LogP contribution in [0.15, 0.2) is 36.7 Å². The van der Waals surface area contributed by atoms with Crippen molar-refractivity contribution in [1.82, 2.24) is 14.7 Å². The first kappa shape index (κ1) is 20.4. The number of hydrogen-bond acceptors (Lipinski definition) is 4. The van der Waals surface area contributed by atoms with Crippen LogP contribution in [-0.4, -0.2) is 57.6 Å².